The van der Waals surface area contributed by atoms with E-state index in [1.165, 1.54) is 4.88 Å². The van der Waals surface area contributed by atoms with Crippen LogP contribution >= 0.6 is 11.3 Å². The number of thiophene rings is 1. The molecule has 0 saturated carbocycles. The van der Waals surface area contributed by atoms with Crippen LogP contribution in [0.2, 0.25) is 0 Å². The van der Waals surface area contributed by atoms with Gasteiger partial charge in [-0.2, -0.15) is 0 Å². The van der Waals surface area contributed by atoms with E-state index < -0.39 is 0 Å². The molecule has 0 radical (unpaired) electrons. The molecule has 0 saturated heterocycles. The van der Waals surface area contributed by atoms with Gasteiger partial charge in [0.05, 0.1) is 12.3 Å². The summed E-state index contributed by atoms with van der Waals surface area (Å²) in [6, 6.07) is 4.11. The van der Waals surface area contributed by atoms with E-state index in [2.05, 4.69) is 16.4 Å². The molecular weight excluding hydrogens is 210 g/mol. The van der Waals surface area contributed by atoms with E-state index in [1.807, 2.05) is 23.1 Å². The Hall–Kier alpha value is -1.20. The first kappa shape index (κ1) is 10.3. The Bertz CT molecular complexity index is 400. The molecule has 0 aliphatic carbocycles. The molecule has 2 heterocycles. The van der Waals surface area contributed by atoms with Gasteiger partial charge in [0.25, 0.3) is 0 Å². The van der Waals surface area contributed by atoms with Crippen molar-refractivity contribution in [3.05, 3.63) is 33.8 Å². The van der Waals surface area contributed by atoms with Crippen LogP contribution < -0.4 is 0 Å². The maximum Gasteiger partial charge on any atom is 0.112 e. The first-order chi connectivity index (χ1) is 7.35. The monoisotopic (exact) mass is 223 g/mol. The summed E-state index contributed by atoms with van der Waals surface area (Å²) < 4.78 is 1.84. The Kier molecular flexibility index (Phi) is 3.13. The number of aliphatic hydroxyl groups excluding tert-OH is 1. The van der Waals surface area contributed by atoms with Crippen LogP contribution in [-0.2, 0) is 19.6 Å². The third-order valence-electron chi connectivity index (χ3n) is 2.29. The molecule has 2 rings (SSSR count). The molecule has 0 aliphatic heterocycles. The molecule has 0 unspecified atom stereocenters. The van der Waals surface area contributed by atoms with E-state index in [0.717, 1.165) is 18.7 Å². The minimum atomic E-state index is -0.0410. The number of nitrogens with zero attached hydrogens (tertiary/aromatic N) is 3. The van der Waals surface area contributed by atoms with Crippen molar-refractivity contribution in [2.24, 2.45) is 0 Å². The lowest BCUT2D eigenvalue weighted by Gasteiger charge is -2.03. The summed E-state index contributed by atoms with van der Waals surface area (Å²) >= 11 is 1.71. The fraction of sp³-hybridized carbons (Fsp3) is 0.400. The van der Waals surface area contributed by atoms with Gasteiger partial charge >= 0.3 is 0 Å². The third kappa shape index (κ3) is 2.08. The van der Waals surface area contributed by atoms with E-state index in [1.54, 1.807) is 11.3 Å². The molecule has 0 aliphatic rings. The highest BCUT2D eigenvalue weighted by atomic mass is 32.1. The van der Waals surface area contributed by atoms with Crippen LogP contribution in [0.5, 0.6) is 0 Å². The van der Waals surface area contributed by atoms with Gasteiger partial charge in [0, 0.05) is 17.8 Å². The van der Waals surface area contributed by atoms with Crippen molar-refractivity contribution in [1.29, 1.82) is 0 Å². The topological polar surface area (TPSA) is 50.9 Å². The van der Waals surface area contributed by atoms with E-state index >= 15 is 0 Å². The number of hydrogen-bond acceptors (Lipinski definition) is 4. The van der Waals surface area contributed by atoms with Crippen LogP contribution in [0.25, 0.3) is 0 Å². The fourth-order valence-electron chi connectivity index (χ4n) is 1.52. The minimum Gasteiger partial charge on any atom is -0.390 e. The van der Waals surface area contributed by atoms with Crippen LogP contribution in [0.1, 0.15) is 23.2 Å². The standard InChI is InChI=1S/C10H13N3OS/c1-2-13-10(9(7-14)11-12-13)6-8-4-3-5-15-8/h3-5,14H,2,6-7H2,1H3. The SMILES string of the molecule is CCn1nnc(CO)c1Cc1cccs1. The average Bonchev–Trinajstić information content (AvgIpc) is 2.87. The smallest absolute Gasteiger partial charge is 0.112 e. The van der Waals surface area contributed by atoms with Gasteiger partial charge in [0.2, 0.25) is 0 Å². The lowest BCUT2D eigenvalue weighted by atomic mass is 10.2. The van der Waals surface area contributed by atoms with Crippen molar-refractivity contribution in [2.75, 3.05) is 0 Å². The Labute approximate surface area is 92.2 Å². The van der Waals surface area contributed by atoms with E-state index in [-0.39, 0.29) is 6.61 Å². The summed E-state index contributed by atoms with van der Waals surface area (Å²) in [6.45, 7) is 2.77. The first-order valence-electron chi connectivity index (χ1n) is 4.89. The van der Waals surface area contributed by atoms with E-state index in [0.29, 0.717) is 5.69 Å². The Morgan fingerprint density at radius 3 is 3.00 bits per heavy atom. The molecule has 0 bridgehead atoms. The van der Waals surface area contributed by atoms with Crippen LogP contribution in [0.3, 0.4) is 0 Å². The van der Waals surface area contributed by atoms with Gasteiger partial charge in [0.1, 0.15) is 5.69 Å². The summed E-state index contributed by atoms with van der Waals surface area (Å²) in [4.78, 5) is 1.27. The Morgan fingerprint density at radius 1 is 1.53 bits per heavy atom. The van der Waals surface area contributed by atoms with E-state index in [9.17, 15) is 0 Å². The summed E-state index contributed by atoms with van der Waals surface area (Å²) in [7, 11) is 0. The molecule has 0 aromatic carbocycles. The fourth-order valence-corrected chi connectivity index (χ4v) is 2.23. The highest BCUT2D eigenvalue weighted by Gasteiger charge is 2.11. The molecule has 2 aromatic heterocycles. The second kappa shape index (κ2) is 4.55. The van der Waals surface area contributed by atoms with Gasteiger partial charge in [-0.05, 0) is 18.4 Å². The highest BCUT2D eigenvalue weighted by molar-refractivity contribution is 7.09. The van der Waals surface area contributed by atoms with Crippen molar-refractivity contribution >= 4 is 11.3 Å². The van der Waals surface area contributed by atoms with Crippen LogP contribution in [0.4, 0.5) is 0 Å². The van der Waals surface area contributed by atoms with Gasteiger partial charge < -0.3 is 5.11 Å². The number of hydrogen-bond donors (Lipinski definition) is 1. The molecule has 1 N–H and O–H groups in total. The predicted molar refractivity (Wildman–Crippen MR) is 58.7 cm³/mol. The number of aliphatic hydroxyl groups is 1. The molecule has 15 heavy (non-hydrogen) atoms. The number of rotatable bonds is 4. The van der Waals surface area contributed by atoms with Gasteiger partial charge in [0.15, 0.2) is 0 Å². The zero-order chi connectivity index (χ0) is 10.7. The molecule has 0 fully saturated rings. The Balaban J connectivity index is 2.29. The maximum atomic E-state index is 9.14. The van der Waals surface area contributed by atoms with Crippen molar-refractivity contribution < 1.29 is 5.11 Å². The summed E-state index contributed by atoms with van der Waals surface area (Å²) in [6.07, 6.45) is 0.800. The predicted octanol–water partition coefficient (Wildman–Crippen LogP) is 1.44. The van der Waals surface area contributed by atoms with Crippen molar-refractivity contribution in [3.63, 3.8) is 0 Å². The quantitative estimate of drug-likeness (QED) is 0.853. The van der Waals surface area contributed by atoms with Crippen LogP contribution in [0.15, 0.2) is 17.5 Å². The number of aromatic nitrogens is 3. The van der Waals surface area contributed by atoms with Crippen LogP contribution in [-0.4, -0.2) is 20.1 Å². The molecule has 4 nitrogen and oxygen atoms in total. The van der Waals surface area contributed by atoms with Crippen molar-refractivity contribution in [1.82, 2.24) is 15.0 Å². The third-order valence-corrected chi connectivity index (χ3v) is 3.17. The van der Waals surface area contributed by atoms with Crippen molar-refractivity contribution in [2.45, 2.75) is 26.5 Å². The van der Waals surface area contributed by atoms with Crippen LogP contribution in [0, 0.1) is 0 Å². The summed E-state index contributed by atoms with van der Waals surface area (Å²) in [5.41, 5.74) is 1.70. The largest absolute Gasteiger partial charge is 0.390 e. The summed E-state index contributed by atoms with van der Waals surface area (Å²) in [5.74, 6) is 0. The van der Waals surface area contributed by atoms with Gasteiger partial charge in [-0.1, -0.05) is 11.3 Å². The van der Waals surface area contributed by atoms with Gasteiger partial charge in [-0.25, -0.2) is 4.68 Å². The molecular formula is C10H13N3OS. The summed E-state index contributed by atoms with van der Waals surface area (Å²) in [5, 5.41) is 19.1. The normalized spacial score (nSPS) is 10.8. The molecule has 0 spiro atoms. The van der Waals surface area contributed by atoms with Gasteiger partial charge in [-0.15, -0.1) is 16.4 Å². The van der Waals surface area contributed by atoms with E-state index in [4.69, 9.17) is 5.11 Å². The molecule has 5 heteroatoms. The molecule has 0 amide bonds. The Morgan fingerprint density at radius 2 is 2.40 bits per heavy atom. The zero-order valence-corrected chi connectivity index (χ0v) is 9.37. The average molecular weight is 223 g/mol. The second-order valence-electron chi connectivity index (χ2n) is 3.21. The lowest BCUT2D eigenvalue weighted by Crippen LogP contribution is -2.04. The number of aryl methyl sites for hydroxylation is 1. The first-order valence-corrected chi connectivity index (χ1v) is 5.77. The minimum absolute atomic E-state index is 0.0410. The second-order valence-corrected chi connectivity index (χ2v) is 4.25. The van der Waals surface area contributed by atoms with Crippen molar-refractivity contribution in [3.8, 4) is 0 Å². The van der Waals surface area contributed by atoms with Gasteiger partial charge in [-0.3, -0.25) is 0 Å². The highest BCUT2D eigenvalue weighted by Crippen LogP contribution is 2.16. The zero-order valence-electron chi connectivity index (χ0n) is 8.55. The maximum absolute atomic E-state index is 9.14. The molecule has 0 atom stereocenters. The lowest BCUT2D eigenvalue weighted by molar-refractivity contribution is 0.275. The molecule has 80 valence electrons. The molecule has 2 aromatic rings.